The fourth-order valence-electron chi connectivity index (χ4n) is 2.73. The van der Waals surface area contributed by atoms with Gasteiger partial charge in [0.15, 0.2) is 6.61 Å². The van der Waals surface area contributed by atoms with Crippen LogP contribution in [0.4, 0.5) is 0 Å². The maximum atomic E-state index is 11.9. The summed E-state index contributed by atoms with van der Waals surface area (Å²) in [5.41, 5.74) is 1.14. The minimum absolute atomic E-state index is 0.0299. The van der Waals surface area contributed by atoms with E-state index >= 15 is 0 Å². The number of nitrogens with zero attached hydrogens (tertiary/aromatic N) is 1. The molecule has 0 heterocycles. The summed E-state index contributed by atoms with van der Waals surface area (Å²) in [5.74, 6) is -0.866. The molecule has 0 atom stereocenters. The van der Waals surface area contributed by atoms with Crippen LogP contribution in [0.25, 0.3) is 0 Å². The molecule has 0 radical (unpaired) electrons. The van der Waals surface area contributed by atoms with Gasteiger partial charge in [-0.15, -0.1) is 0 Å². The molecule has 0 fully saturated rings. The molecule has 2 aromatic rings. The van der Waals surface area contributed by atoms with Gasteiger partial charge >= 0.3 is 5.97 Å². The van der Waals surface area contributed by atoms with Crippen molar-refractivity contribution in [1.82, 2.24) is 10.2 Å². The molecule has 0 saturated carbocycles. The second-order valence-electron chi connectivity index (χ2n) is 6.57. The number of halogens is 2. The minimum Gasteiger partial charge on any atom is -0.484 e. The van der Waals surface area contributed by atoms with Crippen LogP contribution in [-0.4, -0.2) is 59.8 Å². The van der Waals surface area contributed by atoms with Crippen LogP contribution in [0, 0.1) is 0 Å². The lowest BCUT2D eigenvalue weighted by molar-refractivity contribution is -0.123. The fraction of sp³-hybridized carbons (Fsp3) is 0.333. The second-order valence-corrected chi connectivity index (χ2v) is 7.38. The van der Waals surface area contributed by atoms with Crippen molar-refractivity contribution >= 4 is 35.1 Å². The molecule has 0 aliphatic heterocycles. The number of amides is 1. The first kappa shape index (κ1) is 24.0. The molecule has 3 N–H and O–H groups in total. The molecular weight excluding hydrogens is 431 g/mol. The predicted octanol–water partition coefficient (Wildman–Crippen LogP) is 3.07. The largest absolute Gasteiger partial charge is 0.484 e. The van der Waals surface area contributed by atoms with Crippen LogP contribution in [0.1, 0.15) is 22.3 Å². The van der Waals surface area contributed by atoms with E-state index in [0.29, 0.717) is 48.4 Å². The fourth-order valence-corrected chi connectivity index (χ4v) is 3.05. The molecule has 0 aliphatic carbocycles. The van der Waals surface area contributed by atoms with Crippen molar-refractivity contribution in [2.24, 2.45) is 0 Å². The SMILES string of the molecule is O=C(COc1ccc(C(=O)O)cc1)NCCCN(CCO)Cc1ccc(Cl)c(Cl)c1. The van der Waals surface area contributed by atoms with Gasteiger partial charge in [-0.3, -0.25) is 9.69 Å². The van der Waals surface area contributed by atoms with Crippen molar-refractivity contribution in [3.63, 3.8) is 0 Å². The van der Waals surface area contributed by atoms with Gasteiger partial charge in [-0.25, -0.2) is 4.79 Å². The predicted molar refractivity (Wildman–Crippen MR) is 115 cm³/mol. The molecule has 30 heavy (non-hydrogen) atoms. The molecule has 0 unspecified atom stereocenters. The molecule has 2 rings (SSSR count). The third-order valence-electron chi connectivity index (χ3n) is 4.25. The van der Waals surface area contributed by atoms with Crippen LogP contribution in [-0.2, 0) is 11.3 Å². The second kappa shape index (κ2) is 12.4. The van der Waals surface area contributed by atoms with Gasteiger partial charge in [0.2, 0.25) is 0 Å². The van der Waals surface area contributed by atoms with Crippen molar-refractivity contribution in [2.75, 3.05) is 32.8 Å². The number of aliphatic hydroxyl groups excluding tert-OH is 1. The molecule has 7 nitrogen and oxygen atoms in total. The third-order valence-corrected chi connectivity index (χ3v) is 4.99. The summed E-state index contributed by atoms with van der Waals surface area (Å²) in [7, 11) is 0. The number of benzene rings is 2. The van der Waals surface area contributed by atoms with E-state index < -0.39 is 5.97 Å². The summed E-state index contributed by atoms with van der Waals surface area (Å²) in [4.78, 5) is 24.8. The summed E-state index contributed by atoms with van der Waals surface area (Å²) in [6.07, 6.45) is 0.695. The van der Waals surface area contributed by atoms with Gasteiger partial charge < -0.3 is 20.3 Å². The number of carboxylic acid groups (broad SMARTS) is 1. The first-order valence-electron chi connectivity index (χ1n) is 9.39. The van der Waals surface area contributed by atoms with E-state index in [4.69, 9.17) is 33.0 Å². The monoisotopic (exact) mass is 454 g/mol. The lowest BCUT2D eigenvalue weighted by Gasteiger charge is -2.21. The lowest BCUT2D eigenvalue weighted by Crippen LogP contribution is -2.33. The van der Waals surface area contributed by atoms with Gasteiger partial charge in [0.05, 0.1) is 22.2 Å². The Morgan fingerprint density at radius 3 is 2.40 bits per heavy atom. The number of aromatic carboxylic acids is 1. The van der Waals surface area contributed by atoms with E-state index in [1.807, 2.05) is 6.07 Å². The summed E-state index contributed by atoms with van der Waals surface area (Å²) < 4.78 is 5.35. The van der Waals surface area contributed by atoms with Crippen LogP contribution in [0.15, 0.2) is 42.5 Å². The molecule has 0 bridgehead atoms. The zero-order valence-corrected chi connectivity index (χ0v) is 17.8. The van der Waals surface area contributed by atoms with Crippen molar-refractivity contribution in [1.29, 1.82) is 0 Å². The zero-order chi connectivity index (χ0) is 21.9. The van der Waals surface area contributed by atoms with E-state index in [1.165, 1.54) is 24.3 Å². The number of carbonyl (C=O) groups is 2. The highest BCUT2D eigenvalue weighted by Crippen LogP contribution is 2.23. The molecule has 0 saturated heterocycles. The molecule has 0 spiro atoms. The quantitative estimate of drug-likeness (QED) is 0.426. The summed E-state index contributed by atoms with van der Waals surface area (Å²) >= 11 is 12.0. The van der Waals surface area contributed by atoms with Gasteiger partial charge in [-0.05, 0) is 48.4 Å². The summed E-state index contributed by atoms with van der Waals surface area (Å²) in [5, 5.41) is 21.9. The standard InChI is InChI=1S/C21H24Cl2N2O5/c22-18-7-2-15(12-19(18)23)13-25(10-11-26)9-1-8-24-20(27)14-30-17-5-3-16(4-6-17)21(28)29/h2-7,12,26H,1,8-11,13-14H2,(H,24,27)(H,28,29). The van der Waals surface area contributed by atoms with Crippen LogP contribution >= 0.6 is 23.2 Å². The first-order valence-corrected chi connectivity index (χ1v) is 10.1. The van der Waals surface area contributed by atoms with Crippen LogP contribution in [0.3, 0.4) is 0 Å². The van der Waals surface area contributed by atoms with Crippen LogP contribution in [0.5, 0.6) is 5.75 Å². The Morgan fingerprint density at radius 2 is 1.77 bits per heavy atom. The molecule has 9 heteroatoms. The van der Waals surface area contributed by atoms with Crippen LogP contribution in [0.2, 0.25) is 10.0 Å². The molecule has 0 aromatic heterocycles. The number of ether oxygens (including phenoxy) is 1. The molecule has 0 aliphatic rings. The third kappa shape index (κ3) is 8.20. The smallest absolute Gasteiger partial charge is 0.335 e. The Labute approximate surface area is 185 Å². The Bertz CT molecular complexity index is 846. The zero-order valence-electron chi connectivity index (χ0n) is 16.3. The van der Waals surface area contributed by atoms with E-state index in [9.17, 15) is 14.7 Å². The molecule has 162 valence electrons. The van der Waals surface area contributed by atoms with Crippen LogP contribution < -0.4 is 10.1 Å². The van der Waals surface area contributed by atoms with Gasteiger partial charge in [0, 0.05) is 26.2 Å². The van der Waals surface area contributed by atoms with Gasteiger partial charge in [-0.2, -0.15) is 0 Å². The average Bonchev–Trinajstić information content (AvgIpc) is 2.72. The van der Waals surface area contributed by atoms with Gasteiger partial charge in [0.25, 0.3) is 5.91 Å². The number of rotatable bonds is 12. The topological polar surface area (TPSA) is 99.1 Å². The Morgan fingerprint density at radius 1 is 1.03 bits per heavy atom. The number of aliphatic hydroxyl groups is 1. The summed E-state index contributed by atoms with van der Waals surface area (Å²) in [6.45, 7) is 2.13. The number of carbonyl (C=O) groups excluding carboxylic acids is 1. The van der Waals surface area contributed by atoms with Gasteiger partial charge in [0.1, 0.15) is 5.75 Å². The van der Waals surface area contributed by atoms with Crippen molar-refractivity contribution in [3.8, 4) is 5.75 Å². The Hall–Kier alpha value is -2.32. The van der Waals surface area contributed by atoms with Crippen molar-refractivity contribution < 1.29 is 24.5 Å². The van der Waals surface area contributed by atoms with E-state index in [1.54, 1.807) is 12.1 Å². The molecule has 2 aromatic carbocycles. The highest BCUT2D eigenvalue weighted by Gasteiger charge is 2.09. The Kier molecular flexibility index (Phi) is 9.89. The van der Waals surface area contributed by atoms with E-state index in [0.717, 1.165) is 5.56 Å². The number of carboxylic acids is 1. The van der Waals surface area contributed by atoms with Gasteiger partial charge in [-0.1, -0.05) is 29.3 Å². The highest BCUT2D eigenvalue weighted by atomic mass is 35.5. The molecular formula is C21H24Cl2N2O5. The lowest BCUT2D eigenvalue weighted by atomic mass is 10.2. The first-order chi connectivity index (χ1) is 14.4. The Balaban J connectivity index is 1.70. The maximum Gasteiger partial charge on any atom is 0.335 e. The van der Waals surface area contributed by atoms with Crippen molar-refractivity contribution in [3.05, 3.63) is 63.6 Å². The average molecular weight is 455 g/mol. The normalized spacial score (nSPS) is 10.8. The maximum absolute atomic E-state index is 11.9. The minimum atomic E-state index is -1.02. The molecule has 1 amide bonds. The number of hydrogen-bond acceptors (Lipinski definition) is 5. The summed E-state index contributed by atoms with van der Waals surface area (Å²) in [6, 6.07) is 11.3. The van der Waals surface area contributed by atoms with E-state index in [2.05, 4.69) is 10.2 Å². The van der Waals surface area contributed by atoms with Crippen molar-refractivity contribution in [2.45, 2.75) is 13.0 Å². The number of nitrogens with one attached hydrogen (secondary N) is 1. The number of hydrogen-bond donors (Lipinski definition) is 3. The van der Waals surface area contributed by atoms with E-state index in [-0.39, 0.29) is 24.7 Å². The highest BCUT2D eigenvalue weighted by molar-refractivity contribution is 6.42.